The summed E-state index contributed by atoms with van der Waals surface area (Å²) in [5.74, 6) is 1.88. The number of aryl methyl sites for hydroxylation is 1. The minimum absolute atomic E-state index is 0.396. The van der Waals surface area contributed by atoms with Crippen molar-refractivity contribution in [2.75, 3.05) is 19.7 Å². The van der Waals surface area contributed by atoms with E-state index in [-0.39, 0.29) is 0 Å². The lowest BCUT2D eigenvalue weighted by atomic mass is 10.1. The van der Waals surface area contributed by atoms with Crippen LogP contribution in [0.25, 0.3) is 0 Å². The number of piperidine rings is 1. The Bertz CT molecular complexity index is 353. The Labute approximate surface area is 109 Å². The maximum Gasteiger partial charge on any atom is 0.150 e. The first kappa shape index (κ1) is 13.5. The monoisotopic (exact) mass is 252 g/mol. The predicted octanol–water partition coefficient (Wildman–Crippen LogP) is 1.76. The molecule has 1 aromatic rings. The summed E-state index contributed by atoms with van der Waals surface area (Å²) in [4.78, 5) is 6.87. The topological polar surface area (TPSA) is 54.0 Å². The van der Waals surface area contributed by atoms with Gasteiger partial charge in [0, 0.05) is 19.6 Å². The smallest absolute Gasteiger partial charge is 0.150 e. The van der Waals surface area contributed by atoms with E-state index in [2.05, 4.69) is 33.9 Å². The molecule has 1 aliphatic heterocycles. The molecule has 5 nitrogen and oxygen atoms in total. The quantitative estimate of drug-likeness (QED) is 0.838. The first-order chi connectivity index (χ1) is 8.81. The molecule has 1 aromatic heterocycles. The van der Waals surface area contributed by atoms with Gasteiger partial charge in [-0.05, 0) is 25.8 Å². The Morgan fingerprint density at radius 2 is 2.33 bits per heavy atom. The summed E-state index contributed by atoms with van der Waals surface area (Å²) in [6.45, 7) is 8.11. The van der Waals surface area contributed by atoms with Gasteiger partial charge in [-0.25, -0.2) is 4.98 Å². The number of likely N-dealkylation sites (tertiary alicyclic amines) is 1. The van der Waals surface area contributed by atoms with Crippen molar-refractivity contribution < 1.29 is 4.74 Å². The third-order valence-electron chi connectivity index (χ3n) is 3.29. The van der Waals surface area contributed by atoms with Crippen LogP contribution in [-0.4, -0.2) is 45.9 Å². The van der Waals surface area contributed by atoms with Crippen LogP contribution in [0.2, 0.25) is 0 Å². The van der Waals surface area contributed by atoms with Gasteiger partial charge in [-0.1, -0.05) is 13.8 Å². The van der Waals surface area contributed by atoms with Crippen LogP contribution < -0.4 is 0 Å². The molecule has 0 aliphatic carbocycles. The first-order valence-electron chi connectivity index (χ1n) is 7.06. The van der Waals surface area contributed by atoms with Gasteiger partial charge in [-0.3, -0.25) is 10.00 Å². The van der Waals surface area contributed by atoms with Gasteiger partial charge in [0.05, 0.1) is 12.6 Å². The van der Waals surface area contributed by atoms with Gasteiger partial charge in [-0.2, -0.15) is 5.10 Å². The molecule has 0 spiro atoms. The minimum Gasteiger partial charge on any atom is -0.377 e. The number of ether oxygens (including phenoxy) is 1. The van der Waals surface area contributed by atoms with Gasteiger partial charge in [0.25, 0.3) is 0 Å². The summed E-state index contributed by atoms with van der Waals surface area (Å²) in [6.07, 6.45) is 4.78. The van der Waals surface area contributed by atoms with Crippen molar-refractivity contribution in [3.63, 3.8) is 0 Å². The second-order valence-corrected chi connectivity index (χ2v) is 4.92. The zero-order valence-corrected chi connectivity index (χ0v) is 11.5. The molecule has 18 heavy (non-hydrogen) atoms. The largest absolute Gasteiger partial charge is 0.377 e. The number of nitrogens with one attached hydrogen (secondary N) is 1. The number of aromatic nitrogens is 3. The molecule has 0 amide bonds. The van der Waals surface area contributed by atoms with Crippen LogP contribution in [0.4, 0.5) is 0 Å². The molecule has 1 N–H and O–H groups in total. The zero-order valence-electron chi connectivity index (χ0n) is 11.5. The lowest BCUT2D eigenvalue weighted by Gasteiger charge is -2.31. The van der Waals surface area contributed by atoms with E-state index in [0.717, 1.165) is 50.7 Å². The summed E-state index contributed by atoms with van der Waals surface area (Å²) >= 11 is 0. The third-order valence-corrected chi connectivity index (χ3v) is 3.29. The van der Waals surface area contributed by atoms with E-state index in [1.807, 2.05) is 0 Å². The molecule has 0 radical (unpaired) electrons. The molecule has 1 fully saturated rings. The van der Waals surface area contributed by atoms with E-state index in [1.165, 1.54) is 12.8 Å². The van der Waals surface area contributed by atoms with Gasteiger partial charge in [-0.15, -0.1) is 0 Å². The molecule has 1 atom stereocenters. The number of H-pyrrole nitrogens is 1. The predicted molar refractivity (Wildman–Crippen MR) is 70.3 cm³/mol. The highest BCUT2D eigenvalue weighted by atomic mass is 16.5. The van der Waals surface area contributed by atoms with Crippen molar-refractivity contribution in [2.24, 2.45) is 0 Å². The molecule has 0 saturated carbocycles. The van der Waals surface area contributed by atoms with Crippen LogP contribution in [0, 0.1) is 0 Å². The van der Waals surface area contributed by atoms with E-state index >= 15 is 0 Å². The van der Waals surface area contributed by atoms with E-state index in [1.54, 1.807) is 0 Å². The van der Waals surface area contributed by atoms with Crippen molar-refractivity contribution in [3.8, 4) is 0 Å². The van der Waals surface area contributed by atoms with Crippen LogP contribution in [-0.2, 0) is 17.7 Å². The number of nitrogens with zero attached hydrogens (tertiary/aromatic N) is 3. The lowest BCUT2D eigenvalue weighted by molar-refractivity contribution is -0.00282. The Morgan fingerprint density at radius 3 is 3.06 bits per heavy atom. The van der Waals surface area contributed by atoms with E-state index in [0.29, 0.717) is 6.10 Å². The van der Waals surface area contributed by atoms with Gasteiger partial charge in [0.1, 0.15) is 11.6 Å². The van der Waals surface area contributed by atoms with Crippen LogP contribution in [0.5, 0.6) is 0 Å². The van der Waals surface area contributed by atoms with Crippen LogP contribution in [0.15, 0.2) is 0 Å². The number of hydrogen-bond donors (Lipinski definition) is 1. The summed E-state index contributed by atoms with van der Waals surface area (Å²) in [6, 6.07) is 0. The Hall–Kier alpha value is -0.940. The summed E-state index contributed by atoms with van der Waals surface area (Å²) in [7, 11) is 0. The van der Waals surface area contributed by atoms with E-state index < -0.39 is 0 Å². The maximum atomic E-state index is 5.84. The van der Waals surface area contributed by atoms with Gasteiger partial charge >= 0.3 is 0 Å². The average molecular weight is 252 g/mol. The average Bonchev–Trinajstić information content (AvgIpc) is 2.84. The van der Waals surface area contributed by atoms with Crippen molar-refractivity contribution in [2.45, 2.75) is 52.2 Å². The first-order valence-corrected chi connectivity index (χ1v) is 7.06. The highest BCUT2D eigenvalue weighted by Gasteiger charge is 2.21. The van der Waals surface area contributed by atoms with Gasteiger partial charge < -0.3 is 4.74 Å². The molecule has 2 rings (SSSR count). The fourth-order valence-corrected chi connectivity index (χ4v) is 2.35. The Balaban J connectivity index is 1.81. The Kier molecular flexibility index (Phi) is 5.13. The molecule has 5 heteroatoms. The molecule has 1 aliphatic rings. The van der Waals surface area contributed by atoms with Crippen molar-refractivity contribution in [1.29, 1.82) is 0 Å². The lowest BCUT2D eigenvalue weighted by Crippen LogP contribution is -2.39. The fraction of sp³-hybridized carbons (Fsp3) is 0.846. The molecule has 1 saturated heterocycles. The zero-order chi connectivity index (χ0) is 12.8. The molecule has 0 aromatic carbocycles. The van der Waals surface area contributed by atoms with Crippen LogP contribution >= 0.6 is 0 Å². The number of hydrogen-bond acceptors (Lipinski definition) is 4. The fourth-order valence-electron chi connectivity index (χ4n) is 2.35. The van der Waals surface area contributed by atoms with E-state index in [4.69, 9.17) is 4.74 Å². The normalized spacial score (nSPS) is 21.3. The summed E-state index contributed by atoms with van der Waals surface area (Å²) in [5.41, 5.74) is 0. The SMILES string of the molecule is CCCOC1CCCN(Cc2nc(CC)n[nH]2)C1. The molecule has 0 bridgehead atoms. The molecule has 1 unspecified atom stereocenters. The molecular formula is C13H24N4O. The van der Waals surface area contributed by atoms with E-state index in [9.17, 15) is 0 Å². The second-order valence-electron chi connectivity index (χ2n) is 4.92. The summed E-state index contributed by atoms with van der Waals surface area (Å²) in [5, 5.41) is 7.19. The van der Waals surface area contributed by atoms with Crippen molar-refractivity contribution in [3.05, 3.63) is 11.6 Å². The highest BCUT2D eigenvalue weighted by molar-refractivity contribution is 4.90. The number of rotatable bonds is 6. The van der Waals surface area contributed by atoms with Crippen molar-refractivity contribution >= 4 is 0 Å². The highest BCUT2D eigenvalue weighted by Crippen LogP contribution is 2.15. The van der Waals surface area contributed by atoms with Gasteiger partial charge in [0.15, 0.2) is 0 Å². The van der Waals surface area contributed by atoms with Crippen molar-refractivity contribution in [1.82, 2.24) is 20.1 Å². The Morgan fingerprint density at radius 1 is 1.44 bits per heavy atom. The molecular weight excluding hydrogens is 228 g/mol. The second kappa shape index (κ2) is 6.85. The molecule has 2 heterocycles. The van der Waals surface area contributed by atoms with Crippen LogP contribution in [0.3, 0.4) is 0 Å². The third kappa shape index (κ3) is 3.78. The molecule has 102 valence electrons. The number of aromatic amines is 1. The standard InChI is InChI=1S/C13H24N4O/c1-3-8-18-11-6-5-7-17(9-11)10-13-14-12(4-2)15-16-13/h11H,3-10H2,1-2H3,(H,14,15,16). The minimum atomic E-state index is 0.396. The van der Waals surface area contributed by atoms with Crippen LogP contribution in [0.1, 0.15) is 44.8 Å². The maximum absolute atomic E-state index is 5.84. The summed E-state index contributed by atoms with van der Waals surface area (Å²) < 4.78 is 5.84. The van der Waals surface area contributed by atoms with Gasteiger partial charge in [0.2, 0.25) is 0 Å².